The smallest absolute Gasteiger partial charge is 0.408 e. The Morgan fingerprint density at radius 3 is 2.50 bits per heavy atom. The molecule has 3 aliphatic rings. The molecule has 2 aliphatic carbocycles. The number of thiazole rings is 1. The van der Waals surface area contributed by atoms with Crippen LogP contribution >= 0.6 is 18.7 Å². The van der Waals surface area contributed by atoms with Crippen molar-refractivity contribution >= 4 is 52.6 Å². The molecule has 3 aromatic rings. The number of pyridine rings is 1. The van der Waals surface area contributed by atoms with E-state index in [-0.39, 0.29) is 31.5 Å². The van der Waals surface area contributed by atoms with Crippen molar-refractivity contribution < 1.29 is 43.2 Å². The molecule has 16 nitrogen and oxygen atoms in total. The average Bonchev–Trinajstić information content (AvgIpc) is 3.54. The monoisotopic (exact) mass is 841 g/mol. The van der Waals surface area contributed by atoms with Crippen LogP contribution in [0.25, 0.3) is 22.3 Å². The van der Waals surface area contributed by atoms with Crippen molar-refractivity contribution in [3.63, 3.8) is 0 Å². The third-order valence-electron chi connectivity index (χ3n) is 10.9. The molecule has 1 aliphatic heterocycles. The number of anilines is 1. The number of rotatable bonds is 15. The molecular weight excluding hydrogens is 786 g/mol. The van der Waals surface area contributed by atoms with Crippen LogP contribution in [0.3, 0.4) is 0 Å². The molecule has 0 spiro atoms. The summed E-state index contributed by atoms with van der Waals surface area (Å²) in [6.07, 6.45) is 1.02. The Bertz CT molecular complexity index is 2070. The minimum atomic E-state index is -4.29. The van der Waals surface area contributed by atoms with Crippen molar-refractivity contribution in [2.24, 2.45) is 17.1 Å². The van der Waals surface area contributed by atoms with E-state index < -0.39 is 72.5 Å². The Balaban J connectivity index is 1.35. The number of nitrogens with one attached hydrogen (secondary N) is 3. The maximum Gasteiger partial charge on any atom is 0.408 e. The topological polar surface area (TPSA) is 228 Å². The molecule has 2 aromatic heterocycles. The lowest BCUT2D eigenvalue weighted by Crippen LogP contribution is -2.58. The number of alkyl carbamates (subject to hydrolysis) is 1. The number of amides is 3. The zero-order chi connectivity index (χ0) is 42.2. The van der Waals surface area contributed by atoms with E-state index in [2.05, 4.69) is 22.5 Å². The van der Waals surface area contributed by atoms with Crippen LogP contribution in [0.15, 0.2) is 42.3 Å². The number of nitrogens with two attached hydrogens (primary N) is 1. The summed E-state index contributed by atoms with van der Waals surface area (Å²) in [5.41, 5.74) is 6.45. The van der Waals surface area contributed by atoms with E-state index >= 15 is 0 Å². The predicted molar refractivity (Wildman–Crippen MR) is 222 cm³/mol. The van der Waals surface area contributed by atoms with Crippen molar-refractivity contribution in [1.82, 2.24) is 25.5 Å². The summed E-state index contributed by atoms with van der Waals surface area (Å²) < 4.78 is 31.6. The van der Waals surface area contributed by atoms with Gasteiger partial charge in [-0.2, -0.15) is 0 Å². The molecule has 1 aromatic carbocycles. The quantitative estimate of drug-likeness (QED) is 0.0659. The number of hydrogen-bond acceptors (Lipinski definition) is 13. The third kappa shape index (κ3) is 9.44. The van der Waals surface area contributed by atoms with Gasteiger partial charge in [-0.15, -0.1) is 17.9 Å². The highest BCUT2D eigenvalue weighted by Gasteiger charge is 2.66. The number of hydrogen-bond donors (Lipinski definition) is 6. The number of carbonyl (C=O) groups excluding carboxylic acids is 3. The summed E-state index contributed by atoms with van der Waals surface area (Å²) in [7, 11) is -2.73. The van der Waals surface area contributed by atoms with E-state index in [0.29, 0.717) is 33.8 Å². The summed E-state index contributed by atoms with van der Waals surface area (Å²) in [5.74, 6) is -0.794. The summed E-state index contributed by atoms with van der Waals surface area (Å²) in [4.78, 5) is 64.5. The van der Waals surface area contributed by atoms with Crippen molar-refractivity contribution in [3.05, 3.63) is 42.3 Å². The van der Waals surface area contributed by atoms with Gasteiger partial charge in [-0.1, -0.05) is 26.8 Å². The molecule has 1 saturated heterocycles. The van der Waals surface area contributed by atoms with Crippen LogP contribution in [0.2, 0.25) is 0 Å². The molecule has 7 N–H and O–H groups in total. The van der Waals surface area contributed by atoms with E-state index in [1.165, 1.54) is 22.3 Å². The van der Waals surface area contributed by atoms with Crippen LogP contribution in [0.1, 0.15) is 73.1 Å². The van der Waals surface area contributed by atoms with Gasteiger partial charge in [0.15, 0.2) is 5.13 Å². The molecule has 58 heavy (non-hydrogen) atoms. The fourth-order valence-electron chi connectivity index (χ4n) is 7.82. The largest absolute Gasteiger partial charge is 0.497 e. The number of fused-ring (bicyclic) bond motifs is 1. The summed E-state index contributed by atoms with van der Waals surface area (Å²) in [6.45, 7) is 13.2. The summed E-state index contributed by atoms with van der Waals surface area (Å²) in [6, 6.07) is 5.04. The fraction of sp³-hybridized carbons (Fsp3) is 0.575. The number of aliphatic hydroxyl groups is 1. The number of carbonyl (C=O) groups is 3. The highest BCUT2D eigenvalue weighted by atomic mass is 32.1. The van der Waals surface area contributed by atoms with Gasteiger partial charge >= 0.3 is 6.09 Å². The first kappa shape index (κ1) is 43.3. The van der Waals surface area contributed by atoms with Gasteiger partial charge in [0.05, 0.1) is 31.0 Å². The maximum atomic E-state index is 14.7. The highest BCUT2D eigenvalue weighted by Crippen LogP contribution is 2.69. The molecule has 2 saturated carbocycles. The van der Waals surface area contributed by atoms with Crippen LogP contribution in [0, 0.1) is 11.3 Å². The zero-order valence-corrected chi connectivity index (χ0v) is 35.6. The SMILES string of the molecule is C=C[C@@H]1C[C@]1(NC(=O)[C@@H]1C[C@@H](Oc2cc(-c3csc(NC(C)C)n3)nc3cc(OC)ccc23)CN1C(=O)[C@@H](NC(=O)OC1CCCC1)C(C)(C)C)P(=O)(O)CC(N)O. The first-order valence-corrected chi connectivity index (χ1v) is 22.4. The van der Waals surface area contributed by atoms with Gasteiger partial charge in [0, 0.05) is 41.3 Å². The summed E-state index contributed by atoms with van der Waals surface area (Å²) in [5, 5.41) is 20.4. The van der Waals surface area contributed by atoms with E-state index in [0.717, 1.165) is 30.8 Å². The van der Waals surface area contributed by atoms with E-state index in [1.54, 1.807) is 46.1 Å². The second-order valence-electron chi connectivity index (χ2n) is 16.9. The van der Waals surface area contributed by atoms with Gasteiger partial charge in [-0.25, -0.2) is 14.8 Å². The average molecular weight is 842 g/mol. The van der Waals surface area contributed by atoms with Crippen molar-refractivity contribution in [2.75, 3.05) is 25.1 Å². The van der Waals surface area contributed by atoms with Crippen LogP contribution < -0.4 is 31.2 Å². The lowest BCUT2D eigenvalue weighted by Gasteiger charge is -2.36. The Hall–Kier alpha value is -4.28. The molecule has 18 heteroatoms. The predicted octanol–water partition coefficient (Wildman–Crippen LogP) is 5.18. The zero-order valence-electron chi connectivity index (χ0n) is 33.9. The molecule has 316 valence electrons. The number of benzene rings is 1. The van der Waals surface area contributed by atoms with Gasteiger partial charge in [0.25, 0.3) is 0 Å². The molecular formula is C40H56N7O9PS. The van der Waals surface area contributed by atoms with Crippen LogP contribution in [-0.2, 0) is 18.9 Å². The molecule has 3 heterocycles. The first-order chi connectivity index (χ1) is 27.3. The summed E-state index contributed by atoms with van der Waals surface area (Å²) >= 11 is 1.44. The number of aromatic nitrogens is 2. The highest BCUT2D eigenvalue weighted by molar-refractivity contribution is 7.60. The van der Waals surface area contributed by atoms with Crippen LogP contribution in [0.4, 0.5) is 9.93 Å². The van der Waals surface area contributed by atoms with Crippen molar-refractivity contribution in [2.45, 2.75) is 115 Å². The maximum absolute atomic E-state index is 14.7. The molecule has 2 unspecified atom stereocenters. The molecule has 3 amide bonds. The minimum absolute atomic E-state index is 0.000497. The van der Waals surface area contributed by atoms with E-state index in [9.17, 15) is 28.9 Å². The number of nitrogens with zero attached hydrogens (tertiary/aromatic N) is 3. The number of methoxy groups -OCH3 is 1. The first-order valence-electron chi connectivity index (χ1n) is 19.7. The normalized spacial score (nSPS) is 24.2. The lowest BCUT2D eigenvalue weighted by atomic mass is 9.85. The second-order valence-corrected chi connectivity index (χ2v) is 20.3. The number of aliphatic hydroxyl groups excluding tert-OH is 1. The van der Waals surface area contributed by atoms with Crippen LogP contribution in [0.5, 0.6) is 11.5 Å². The second kappa shape index (κ2) is 17.1. The van der Waals surface area contributed by atoms with Crippen LogP contribution in [-0.4, -0.2) is 104 Å². The Morgan fingerprint density at radius 2 is 1.88 bits per heavy atom. The number of likely N-dealkylation sites (tertiary alicyclic amines) is 1. The Morgan fingerprint density at radius 1 is 1.16 bits per heavy atom. The molecule has 0 radical (unpaired) electrons. The molecule has 3 fully saturated rings. The Kier molecular flexibility index (Phi) is 12.8. The van der Waals surface area contributed by atoms with Gasteiger partial charge in [-0.3, -0.25) is 14.2 Å². The molecule has 7 atom stereocenters. The molecule has 0 bridgehead atoms. The Labute approximate surface area is 342 Å². The van der Waals surface area contributed by atoms with Crippen molar-refractivity contribution in [3.8, 4) is 22.9 Å². The lowest BCUT2D eigenvalue weighted by molar-refractivity contribution is -0.142. The van der Waals surface area contributed by atoms with Gasteiger partial charge in [0.2, 0.25) is 19.2 Å². The fourth-order valence-corrected chi connectivity index (χ4v) is 10.9. The number of ether oxygens (including phenoxy) is 3. The van der Waals surface area contributed by atoms with Gasteiger partial charge in [-0.05, 0) is 63.5 Å². The van der Waals surface area contributed by atoms with Gasteiger partial charge < -0.3 is 50.8 Å². The molecule has 6 rings (SSSR count). The van der Waals surface area contributed by atoms with E-state index in [1.807, 2.05) is 25.3 Å². The van der Waals surface area contributed by atoms with Crippen molar-refractivity contribution in [1.29, 1.82) is 0 Å². The van der Waals surface area contributed by atoms with Gasteiger partial charge in [0.1, 0.15) is 53.0 Å². The minimum Gasteiger partial charge on any atom is -0.497 e. The standard InChI is InChI=1S/C40H56N7O9PS/c1-8-23-18-40(23,57(52,53)20-33(41)48)46-35(49)31-16-26(19-47(31)36(50)34(39(4,5)6)45-38(51)56-24-11-9-10-12-24)55-32-17-29(30-21-58-37(44-30)42-22(2)3)43-28-15-25(54-7)13-14-27(28)32/h8,13-15,17,21-24,26,31,33-34,48H,1,9-12,16,18-20,41H2,2-7H3,(H,42,44)(H,45,51)(H,46,49)(H,52,53)/t23-,26-,31+,33?,34-,40+/m1/s1. The van der Waals surface area contributed by atoms with E-state index in [4.69, 9.17) is 29.9 Å². The third-order valence-corrected chi connectivity index (χ3v) is 14.4.